The van der Waals surface area contributed by atoms with Crippen LogP contribution in [0, 0.1) is 0 Å². The number of ether oxygens (including phenoxy) is 2. The second-order valence-corrected chi connectivity index (χ2v) is 4.56. The zero-order valence-electron chi connectivity index (χ0n) is 11.1. The molecule has 0 aliphatic rings. The SMILES string of the molecule is COc1ccc(N)c(C(=O)c2cc(Cl)ccc2OC)c1. The monoisotopic (exact) mass is 291 g/mol. The van der Waals surface area contributed by atoms with Gasteiger partial charge in [0.15, 0.2) is 5.78 Å². The molecule has 0 saturated carbocycles. The molecule has 104 valence electrons. The van der Waals surface area contributed by atoms with Gasteiger partial charge in [-0.25, -0.2) is 0 Å². The van der Waals surface area contributed by atoms with E-state index < -0.39 is 0 Å². The second-order valence-electron chi connectivity index (χ2n) is 4.13. The fourth-order valence-electron chi connectivity index (χ4n) is 1.86. The Bertz CT molecular complexity index is 656. The molecule has 2 aromatic carbocycles. The number of hydrogen-bond donors (Lipinski definition) is 1. The summed E-state index contributed by atoms with van der Waals surface area (Å²) in [6, 6.07) is 9.78. The Hall–Kier alpha value is -2.20. The Morgan fingerprint density at radius 3 is 2.45 bits per heavy atom. The van der Waals surface area contributed by atoms with E-state index in [1.54, 1.807) is 36.4 Å². The third kappa shape index (κ3) is 2.70. The van der Waals surface area contributed by atoms with E-state index in [2.05, 4.69) is 0 Å². The van der Waals surface area contributed by atoms with E-state index in [0.29, 0.717) is 33.3 Å². The van der Waals surface area contributed by atoms with Gasteiger partial charge in [-0.15, -0.1) is 0 Å². The van der Waals surface area contributed by atoms with Gasteiger partial charge >= 0.3 is 0 Å². The quantitative estimate of drug-likeness (QED) is 0.694. The minimum atomic E-state index is -0.263. The summed E-state index contributed by atoms with van der Waals surface area (Å²) in [6.07, 6.45) is 0. The zero-order chi connectivity index (χ0) is 14.7. The average molecular weight is 292 g/mol. The molecule has 0 aliphatic heterocycles. The van der Waals surface area contributed by atoms with Gasteiger partial charge in [0.1, 0.15) is 11.5 Å². The predicted molar refractivity (Wildman–Crippen MR) is 78.8 cm³/mol. The summed E-state index contributed by atoms with van der Waals surface area (Å²) >= 11 is 5.94. The maximum atomic E-state index is 12.6. The van der Waals surface area contributed by atoms with Crippen molar-refractivity contribution in [3.05, 3.63) is 52.5 Å². The first-order valence-electron chi connectivity index (χ1n) is 5.88. The Labute approximate surface area is 122 Å². The molecule has 0 heterocycles. The summed E-state index contributed by atoms with van der Waals surface area (Å²) < 4.78 is 10.3. The van der Waals surface area contributed by atoms with Crippen molar-refractivity contribution < 1.29 is 14.3 Å². The van der Waals surface area contributed by atoms with Gasteiger partial charge in [0.25, 0.3) is 0 Å². The van der Waals surface area contributed by atoms with Gasteiger partial charge in [0, 0.05) is 16.3 Å². The van der Waals surface area contributed by atoms with Crippen LogP contribution in [0.25, 0.3) is 0 Å². The lowest BCUT2D eigenvalue weighted by atomic mass is 10.0. The summed E-state index contributed by atoms with van der Waals surface area (Å²) in [5.74, 6) is 0.742. The molecule has 0 atom stereocenters. The third-order valence-electron chi connectivity index (χ3n) is 2.91. The van der Waals surface area contributed by atoms with Crippen molar-refractivity contribution in [3.63, 3.8) is 0 Å². The zero-order valence-corrected chi connectivity index (χ0v) is 11.9. The molecule has 0 saturated heterocycles. The van der Waals surface area contributed by atoms with Crippen LogP contribution in [0.2, 0.25) is 5.02 Å². The van der Waals surface area contributed by atoms with Crippen LogP contribution < -0.4 is 15.2 Å². The second kappa shape index (κ2) is 5.84. The molecule has 0 radical (unpaired) electrons. The van der Waals surface area contributed by atoms with Gasteiger partial charge in [-0.3, -0.25) is 4.79 Å². The van der Waals surface area contributed by atoms with E-state index in [0.717, 1.165) is 0 Å². The molecule has 2 N–H and O–H groups in total. The molecule has 0 spiro atoms. The van der Waals surface area contributed by atoms with Crippen LogP contribution in [-0.4, -0.2) is 20.0 Å². The third-order valence-corrected chi connectivity index (χ3v) is 3.15. The summed E-state index contributed by atoms with van der Waals surface area (Å²) in [4.78, 5) is 12.6. The van der Waals surface area contributed by atoms with Gasteiger partial charge < -0.3 is 15.2 Å². The van der Waals surface area contributed by atoms with Crippen molar-refractivity contribution >= 4 is 23.1 Å². The van der Waals surface area contributed by atoms with Gasteiger partial charge in [0.2, 0.25) is 0 Å². The number of ketones is 1. The van der Waals surface area contributed by atoms with Crippen molar-refractivity contribution in [2.45, 2.75) is 0 Å². The van der Waals surface area contributed by atoms with Crippen molar-refractivity contribution in [3.8, 4) is 11.5 Å². The number of halogens is 1. The minimum Gasteiger partial charge on any atom is -0.497 e. The number of methoxy groups -OCH3 is 2. The van der Waals surface area contributed by atoms with Crippen LogP contribution in [0.5, 0.6) is 11.5 Å². The van der Waals surface area contributed by atoms with Gasteiger partial charge in [0.05, 0.1) is 19.8 Å². The molecule has 2 rings (SSSR count). The van der Waals surface area contributed by atoms with E-state index in [9.17, 15) is 4.79 Å². The molecule has 0 aromatic heterocycles. The molecule has 0 unspecified atom stereocenters. The van der Waals surface area contributed by atoms with Crippen molar-refractivity contribution in [1.82, 2.24) is 0 Å². The maximum absolute atomic E-state index is 12.6. The van der Waals surface area contributed by atoms with Crippen molar-refractivity contribution in [2.75, 3.05) is 20.0 Å². The summed E-state index contributed by atoms with van der Waals surface area (Å²) in [6.45, 7) is 0. The molecule has 5 heteroatoms. The topological polar surface area (TPSA) is 61.5 Å². The first kappa shape index (κ1) is 14.2. The lowest BCUT2D eigenvalue weighted by molar-refractivity contribution is 0.103. The maximum Gasteiger partial charge on any atom is 0.199 e. The van der Waals surface area contributed by atoms with Crippen LogP contribution in [-0.2, 0) is 0 Å². The Morgan fingerprint density at radius 1 is 1.05 bits per heavy atom. The lowest BCUT2D eigenvalue weighted by Gasteiger charge is -2.11. The fourth-order valence-corrected chi connectivity index (χ4v) is 2.03. The molecule has 4 nitrogen and oxygen atoms in total. The normalized spacial score (nSPS) is 10.2. The van der Waals surface area contributed by atoms with E-state index in [-0.39, 0.29) is 5.78 Å². The number of hydrogen-bond acceptors (Lipinski definition) is 4. The number of nitrogens with two attached hydrogens (primary N) is 1. The minimum absolute atomic E-state index is 0.263. The van der Waals surface area contributed by atoms with E-state index in [1.807, 2.05) is 0 Å². The molecular weight excluding hydrogens is 278 g/mol. The van der Waals surface area contributed by atoms with E-state index in [1.165, 1.54) is 14.2 Å². The highest BCUT2D eigenvalue weighted by molar-refractivity contribution is 6.31. The molecule has 0 bridgehead atoms. The van der Waals surface area contributed by atoms with Gasteiger partial charge in [-0.05, 0) is 36.4 Å². The summed E-state index contributed by atoms with van der Waals surface area (Å²) in [5, 5.41) is 0.454. The highest BCUT2D eigenvalue weighted by Crippen LogP contribution is 2.28. The first-order chi connectivity index (χ1) is 9.56. The van der Waals surface area contributed by atoms with Crippen molar-refractivity contribution in [1.29, 1.82) is 0 Å². The van der Waals surface area contributed by atoms with Crippen LogP contribution >= 0.6 is 11.6 Å². The molecule has 2 aromatic rings. The lowest BCUT2D eigenvalue weighted by Crippen LogP contribution is -2.07. The number of nitrogen functional groups attached to an aromatic ring is 1. The van der Waals surface area contributed by atoms with Gasteiger partial charge in [-0.2, -0.15) is 0 Å². The Kier molecular flexibility index (Phi) is 4.15. The average Bonchev–Trinajstić information content (AvgIpc) is 2.47. The number of anilines is 1. The van der Waals surface area contributed by atoms with Crippen molar-refractivity contribution in [2.24, 2.45) is 0 Å². The Balaban J connectivity index is 2.53. The standard InChI is InChI=1S/C15H14ClNO3/c1-19-10-4-5-13(17)11(8-10)15(18)12-7-9(16)3-6-14(12)20-2/h3-8H,17H2,1-2H3. The van der Waals surface area contributed by atoms with Gasteiger partial charge in [-0.1, -0.05) is 11.6 Å². The molecular formula is C15H14ClNO3. The molecule has 0 aliphatic carbocycles. The number of carbonyl (C=O) groups is 1. The number of carbonyl (C=O) groups excluding carboxylic acids is 1. The largest absolute Gasteiger partial charge is 0.497 e. The highest BCUT2D eigenvalue weighted by atomic mass is 35.5. The van der Waals surface area contributed by atoms with Crippen LogP contribution in [0.15, 0.2) is 36.4 Å². The number of rotatable bonds is 4. The summed E-state index contributed by atoms with van der Waals surface area (Å²) in [5.41, 5.74) is 6.95. The molecule has 0 fully saturated rings. The fraction of sp³-hybridized carbons (Fsp3) is 0.133. The van der Waals surface area contributed by atoms with Crippen LogP contribution in [0.3, 0.4) is 0 Å². The van der Waals surface area contributed by atoms with Crippen LogP contribution in [0.1, 0.15) is 15.9 Å². The first-order valence-corrected chi connectivity index (χ1v) is 6.26. The predicted octanol–water partition coefficient (Wildman–Crippen LogP) is 3.17. The molecule has 20 heavy (non-hydrogen) atoms. The smallest absolute Gasteiger partial charge is 0.199 e. The highest BCUT2D eigenvalue weighted by Gasteiger charge is 2.18. The van der Waals surface area contributed by atoms with Crippen LogP contribution in [0.4, 0.5) is 5.69 Å². The Morgan fingerprint density at radius 2 is 1.80 bits per heavy atom. The van der Waals surface area contributed by atoms with E-state index >= 15 is 0 Å². The summed E-state index contributed by atoms with van der Waals surface area (Å²) in [7, 11) is 3.02. The van der Waals surface area contributed by atoms with E-state index in [4.69, 9.17) is 26.8 Å². The number of benzene rings is 2. The molecule has 0 amide bonds.